The van der Waals surface area contributed by atoms with Gasteiger partial charge in [0, 0.05) is 121 Å². The number of ether oxygens (including phenoxy) is 13. The fourth-order valence-corrected chi connectivity index (χ4v) is 17.5. The molecule has 3 amide bonds. The van der Waals surface area contributed by atoms with Crippen molar-refractivity contribution < 1.29 is 115 Å². The minimum Gasteiger partial charge on any atom is -0.508 e. The molecule has 2 bridgehead atoms. The van der Waals surface area contributed by atoms with E-state index in [1.165, 1.54) is 18.3 Å². The molecule has 15 atom stereocenters. The van der Waals surface area contributed by atoms with E-state index in [2.05, 4.69) is 35.9 Å². The number of phenolic OH excluding ortho intramolecular Hbond substituents is 1. The van der Waals surface area contributed by atoms with Gasteiger partial charge in [0.25, 0.3) is 11.7 Å². The molecule has 3 fully saturated rings. The Bertz CT molecular complexity index is 4590. The number of fused-ring (bicyclic) bond motifs is 5. The number of unbranched alkanes of at least 4 members (excludes halogenated alkanes) is 2. The molecule has 9 rings (SSSR count). The van der Waals surface area contributed by atoms with Crippen LogP contribution in [-0.4, -0.2) is 302 Å². The zero-order chi connectivity index (χ0) is 95.6. The van der Waals surface area contributed by atoms with E-state index in [1.54, 1.807) is 59.3 Å². The minimum atomic E-state index is -2.48. The molecule has 4 aromatic heterocycles. The molecular weight excluding hydrogens is 1720 g/mol. The number of allylic oxidation sites excluding steroid dienone is 6. The molecule has 36 nitrogen and oxygen atoms in total. The number of amides is 3. The van der Waals surface area contributed by atoms with E-state index in [0.29, 0.717) is 224 Å². The number of hydrogen-bond acceptors (Lipinski definition) is 30. The van der Waals surface area contributed by atoms with E-state index in [1.807, 2.05) is 79.7 Å². The SMILES string of the molecule is CO[C@H]1C[C@@H]2CC[C@@H](C)[C@@](O)(O2)C(=O)C(=O)N2CCCC[C@H]2C(=O)O[C@H]([C@H](C)C[C@@H]2CC[C@H](n3cc(CCCC(=O)NCCOCCOCCOCCOCCC(=O)NCCOCCOCCOCCOCCC(=O)CCCCCn4nc(-c5cc6cc(O)ccc6[nH]5)c5c(N)ncnc54)nn3)[C@H](OC)C2)CC(=O)[C@H](C)/C=C(\C)[C@@H](O)[C@@H](OC)C(=O)[C@H](C)C[C@H](C)/C=C/C=C/C=C/1C. The van der Waals surface area contributed by atoms with Gasteiger partial charge in [-0.25, -0.2) is 24.1 Å². The second-order valence-corrected chi connectivity index (χ2v) is 35.6. The summed E-state index contributed by atoms with van der Waals surface area (Å²) in [5.74, 6) is -8.05. The molecule has 3 aliphatic heterocycles. The number of aromatic hydroxyl groups is 1. The highest BCUT2D eigenvalue weighted by molar-refractivity contribution is 6.39. The number of piperidine rings is 1. The Morgan fingerprint density at radius 3 is 2.03 bits per heavy atom. The van der Waals surface area contributed by atoms with Crippen molar-refractivity contribution in [3.05, 3.63) is 90.1 Å². The molecule has 2 saturated heterocycles. The molecule has 1 saturated carbocycles. The summed E-state index contributed by atoms with van der Waals surface area (Å²) in [5, 5.41) is 54.8. The first-order valence-electron chi connectivity index (χ1n) is 47.6. The van der Waals surface area contributed by atoms with Gasteiger partial charge in [-0.2, -0.15) is 5.10 Å². The van der Waals surface area contributed by atoms with E-state index in [4.69, 9.17) is 72.4 Å². The van der Waals surface area contributed by atoms with Gasteiger partial charge >= 0.3 is 5.97 Å². The summed E-state index contributed by atoms with van der Waals surface area (Å²) in [6, 6.07) is 5.68. The van der Waals surface area contributed by atoms with Crippen LogP contribution < -0.4 is 16.4 Å². The number of aromatic nitrogens is 8. The van der Waals surface area contributed by atoms with Crippen molar-refractivity contribution in [1.82, 2.24) is 55.3 Å². The van der Waals surface area contributed by atoms with Crippen molar-refractivity contribution in [2.75, 3.05) is 152 Å². The van der Waals surface area contributed by atoms with E-state index in [0.717, 1.165) is 53.5 Å². The number of anilines is 1. The Labute approximate surface area is 780 Å². The van der Waals surface area contributed by atoms with Crippen LogP contribution in [0.5, 0.6) is 5.75 Å². The van der Waals surface area contributed by atoms with Crippen LogP contribution in [0.15, 0.2) is 84.4 Å². The number of esters is 1. The van der Waals surface area contributed by atoms with E-state index >= 15 is 0 Å². The highest BCUT2D eigenvalue weighted by Crippen LogP contribution is 2.41. The summed E-state index contributed by atoms with van der Waals surface area (Å²) in [7, 11) is 4.60. The number of phenols is 1. The van der Waals surface area contributed by atoms with Crippen molar-refractivity contribution >= 4 is 74.6 Å². The number of rotatable bonds is 48. The number of methoxy groups -OCH3 is 3. The molecule has 7 heterocycles. The number of nitrogens with one attached hydrogen (secondary N) is 3. The molecule has 738 valence electrons. The number of carbonyl (C=O) groups excluding carboxylic acids is 8. The monoisotopic (exact) mass is 1860 g/mol. The highest BCUT2D eigenvalue weighted by atomic mass is 16.6. The number of nitrogens with two attached hydrogens (primary N) is 1. The molecule has 8 N–H and O–H groups in total. The van der Waals surface area contributed by atoms with Gasteiger partial charge < -0.3 is 103 Å². The van der Waals surface area contributed by atoms with Crippen LogP contribution in [0.4, 0.5) is 5.82 Å². The van der Waals surface area contributed by atoms with Crippen LogP contribution in [-0.2, 0) is 113 Å². The Morgan fingerprint density at radius 1 is 0.699 bits per heavy atom. The second kappa shape index (κ2) is 57.1. The number of hydrogen-bond donors (Lipinski definition) is 7. The van der Waals surface area contributed by atoms with Gasteiger partial charge in [-0.15, -0.1) is 5.10 Å². The molecule has 5 aromatic rings. The van der Waals surface area contributed by atoms with E-state index < -0.39 is 83.7 Å². The van der Waals surface area contributed by atoms with Gasteiger partial charge in [0.2, 0.25) is 17.6 Å². The number of nitrogens with zero attached hydrogens (tertiary/aromatic N) is 8. The maximum absolute atomic E-state index is 14.8. The molecule has 0 spiro atoms. The number of carbonyl (C=O) groups is 8. The average Bonchev–Trinajstić information content (AvgIpc) is 1.72. The number of nitrogen functional groups attached to an aromatic ring is 1. The quantitative estimate of drug-likeness (QED) is 0.00824. The van der Waals surface area contributed by atoms with Crippen LogP contribution in [0, 0.1) is 35.5 Å². The van der Waals surface area contributed by atoms with E-state index in [-0.39, 0.29) is 104 Å². The number of cyclic esters (lactones) is 1. The van der Waals surface area contributed by atoms with Crippen molar-refractivity contribution in [2.45, 2.75) is 244 Å². The number of aliphatic hydroxyl groups is 2. The number of aliphatic hydroxyl groups excluding tert-OH is 1. The number of Topliss-reactive ketones (excluding diaryl/α,β-unsaturated/α-hetero) is 4. The summed E-state index contributed by atoms with van der Waals surface area (Å²) < 4.78 is 78.7. The van der Waals surface area contributed by atoms with Crippen molar-refractivity contribution in [3.8, 4) is 17.1 Å². The maximum Gasteiger partial charge on any atom is 0.329 e. The van der Waals surface area contributed by atoms with E-state index in [9.17, 15) is 53.7 Å². The van der Waals surface area contributed by atoms with Crippen molar-refractivity contribution in [3.63, 3.8) is 0 Å². The third-order valence-corrected chi connectivity index (χ3v) is 25.3. The topological polar surface area (TPSA) is 461 Å². The fraction of sp³-hybridized carbons (Fsp3) is 0.680. The molecule has 0 unspecified atom stereocenters. The number of ketones is 4. The standard InChI is InChI=1S/C97H146N12O24/c1-64-20-13-11-14-21-65(2)82(121-8)60-76-29-26-70(7)97(120,133-76)92(117)95(118)107-36-18-16-24-80(107)96(119)132-83(61-81(112)66(3)55-69(6)90(116)91(123-10)89(115)68(5)54-64)67(4)56-71-27-31-79(84(57-71)122-9)109-62-73(104-106-109)22-19-25-85(113)99-34-40-126-44-48-130-53-51-129-47-43-125-39-33-86(114)100-35-41-127-45-49-131-52-50-128-46-42-124-38-32-74(110)23-15-12-17-37-108-94-87(93(98)101-63-102-94)88(105-108)78-59-72-58-75(111)28-30-77(72)103-78/h11,13-14,20-21,28,30,55,58-59,62-64,66-68,70-71,76,79-80,82-84,90-91,103,111,116,120H,12,15-19,22-27,29,31-54,56-57,60-61H2,1-10H3,(H,99,113)(H,100,114)(H2,98,101,102)/b14-11+,20-13+,65-21+,69-55+/t64-,66-,67-,68-,70-,71+,76+,79+,80+,82+,83+,84-,90-,91+,97-/m1/s1. The Kier molecular flexibility index (Phi) is 46.3. The zero-order valence-corrected chi connectivity index (χ0v) is 79.6. The lowest BCUT2D eigenvalue weighted by molar-refractivity contribution is -0.265. The van der Waals surface area contributed by atoms with Crippen LogP contribution >= 0.6 is 0 Å². The Morgan fingerprint density at radius 2 is 1.36 bits per heavy atom. The first kappa shape index (κ1) is 108. The minimum absolute atomic E-state index is 0.0159. The molecule has 0 radical (unpaired) electrons. The zero-order valence-electron chi connectivity index (χ0n) is 79.6. The lowest BCUT2D eigenvalue weighted by Gasteiger charge is -2.42. The number of H-pyrrole nitrogens is 1. The Hall–Kier alpha value is -8.99. The van der Waals surface area contributed by atoms with Gasteiger partial charge in [0.1, 0.15) is 59.5 Å². The number of aryl methyl sites for hydroxylation is 2. The summed E-state index contributed by atoms with van der Waals surface area (Å²) in [6.07, 6.45) is 19.5. The van der Waals surface area contributed by atoms with Crippen molar-refractivity contribution in [2.24, 2.45) is 35.5 Å². The second-order valence-electron chi connectivity index (χ2n) is 35.6. The maximum atomic E-state index is 14.8. The van der Waals surface area contributed by atoms with Gasteiger partial charge in [-0.05, 0) is 157 Å². The summed E-state index contributed by atoms with van der Waals surface area (Å²) in [6.45, 7) is 19.6. The van der Waals surface area contributed by atoms with Crippen LogP contribution in [0.1, 0.15) is 189 Å². The number of benzene rings is 1. The van der Waals surface area contributed by atoms with Crippen molar-refractivity contribution in [1.29, 1.82) is 0 Å². The van der Waals surface area contributed by atoms with Gasteiger partial charge in [0.05, 0.1) is 147 Å². The summed E-state index contributed by atoms with van der Waals surface area (Å²) >= 11 is 0. The normalized spacial score (nSPS) is 25.8. The van der Waals surface area contributed by atoms with Gasteiger partial charge in [-0.3, -0.25) is 33.6 Å². The summed E-state index contributed by atoms with van der Waals surface area (Å²) in [5.41, 5.74) is 11.1. The average molecular weight is 1860 g/mol. The smallest absolute Gasteiger partial charge is 0.329 e. The van der Waals surface area contributed by atoms with Gasteiger partial charge in [0.15, 0.2) is 11.4 Å². The highest BCUT2D eigenvalue weighted by Gasteiger charge is 2.53. The lowest BCUT2D eigenvalue weighted by atomic mass is 9.77. The predicted molar refractivity (Wildman–Crippen MR) is 495 cm³/mol. The van der Waals surface area contributed by atoms with Crippen LogP contribution in [0.2, 0.25) is 0 Å². The first-order chi connectivity index (χ1) is 64.2. The van der Waals surface area contributed by atoms with Gasteiger partial charge in [-0.1, -0.05) is 82.7 Å². The lowest BCUT2D eigenvalue weighted by Crippen LogP contribution is -2.61. The summed E-state index contributed by atoms with van der Waals surface area (Å²) in [4.78, 5) is 123. The third kappa shape index (κ3) is 34.3. The van der Waals surface area contributed by atoms with Crippen LogP contribution in [0.25, 0.3) is 33.3 Å². The fourth-order valence-electron chi connectivity index (χ4n) is 17.5. The molecule has 1 aromatic carbocycles. The third-order valence-electron chi connectivity index (χ3n) is 25.3. The molecule has 133 heavy (non-hydrogen) atoms. The number of aromatic amines is 1. The molecule has 36 heteroatoms. The van der Waals surface area contributed by atoms with Crippen LogP contribution in [0.3, 0.4) is 0 Å². The molecular formula is C97H146N12O24. The first-order valence-corrected chi connectivity index (χ1v) is 47.6. The largest absolute Gasteiger partial charge is 0.508 e. The molecule has 4 aliphatic rings. The molecule has 1 aliphatic carbocycles. The Balaban J connectivity index is 0.577. The predicted octanol–water partition coefficient (Wildman–Crippen LogP) is 9.53.